The Labute approximate surface area is 118 Å². The molecule has 0 aliphatic carbocycles. The number of nitrogen functional groups attached to an aromatic ring is 1. The van der Waals surface area contributed by atoms with Gasteiger partial charge in [0, 0.05) is 36.2 Å². The van der Waals surface area contributed by atoms with Gasteiger partial charge in [-0.2, -0.15) is 4.31 Å². The molecule has 0 bridgehead atoms. The van der Waals surface area contributed by atoms with Crippen molar-refractivity contribution in [3.8, 4) is 0 Å². The van der Waals surface area contributed by atoms with Crippen LogP contribution in [0.1, 0.15) is 19.8 Å². The fraction of sp³-hybridized carbons (Fsp3) is 0.667. The maximum Gasteiger partial charge on any atom is 0.252 e. The van der Waals surface area contributed by atoms with E-state index in [1.165, 1.54) is 17.8 Å². The molecule has 0 amide bonds. The van der Waals surface area contributed by atoms with Crippen LogP contribution in [-0.4, -0.2) is 49.3 Å². The molecule has 2 atom stereocenters. The van der Waals surface area contributed by atoms with Gasteiger partial charge in [0.15, 0.2) is 0 Å². The third kappa shape index (κ3) is 2.29. The molecule has 19 heavy (non-hydrogen) atoms. The van der Waals surface area contributed by atoms with Crippen molar-refractivity contribution in [2.75, 3.05) is 25.4 Å². The van der Waals surface area contributed by atoms with Crippen LogP contribution in [0.15, 0.2) is 15.7 Å². The number of piperazine rings is 1. The highest BCUT2D eigenvalue weighted by Gasteiger charge is 2.40. The molecule has 0 radical (unpaired) electrons. The van der Waals surface area contributed by atoms with E-state index >= 15 is 0 Å². The first-order chi connectivity index (χ1) is 8.98. The van der Waals surface area contributed by atoms with Gasteiger partial charge in [-0.25, -0.2) is 8.42 Å². The fourth-order valence-corrected chi connectivity index (χ4v) is 5.94. The van der Waals surface area contributed by atoms with Gasteiger partial charge in [-0.3, -0.25) is 4.90 Å². The molecule has 1 aromatic rings. The molecular weight excluding hydrogens is 282 g/mol. The van der Waals surface area contributed by atoms with Crippen molar-refractivity contribution in [2.45, 2.75) is 36.1 Å². The molecule has 2 fully saturated rings. The van der Waals surface area contributed by atoms with Crippen LogP contribution in [0.4, 0.5) is 5.69 Å². The van der Waals surface area contributed by atoms with Crippen LogP contribution in [-0.2, 0) is 10.0 Å². The molecule has 7 heteroatoms. The van der Waals surface area contributed by atoms with Crippen molar-refractivity contribution < 1.29 is 8.42 Å². The second kappa shape index (κ2) is 4.73. The lowest BCUT2D eigenvalue weighted by Crippen LogP contribution is -2.56. The number of thiophene rings is 1. The van der Waals surface area contributed by atoms with Crippen molar-refractivity contribution in [1.82, 2.24) is 9.21 Å². The van der Waals surface area contributed by atoms with Crippen LogP contribution in [0.3, 0.4) is 0 Å². The number of nitrogens with two attached hydrogens (primary N) is 1. The van der Waals surface area contributed by atoms with Gasteiger partial charge < -0.3 is 5.73 Å². The van der Waals surface area contributed by atoms with Crippen LogP contribution >= 0.6 is 11.3 Å². The molecule has 2 aliphatic heterocycles. The zero-order valence-corrected chi connectivity index (χ0v) is 12.6. The van der Waals surface area contributed by atoms with Crippen LogP contribution in [0.25, 0.3) is 0 Å². The summed E-state index contributed by atoms with van der Waals surface area (Å²) in [4.78, 5) is 2.42. The molecule has 1 aromatic heterocycles. The summed E-state index contributed by atoms with van der Waals surface area (Å²) in [6.45, 7) is 4.55. The first-order valence-electron chi connectivity index (χ1n) is 6.58. The predicted molar refractivity (Wildman–Crippen MR) is 76.7 cm³/mol. The smallest absolute Gasteiger partial charge is 0.252 e. The normalized spacial score (nSPS) is 29.5. The van der Waals surface area contributed by atoms with E-state index in [0.29, 0.717) is 22.5 Å². The monoisotopic (exact) mass is 301 g/mol. The zero-order valence-electron chi connectivity index (χ0n) is 10.9. The lowest BCUT2D eigenvalue weighted by atomic mass is 10.1. The summed E-state index contributed by atoms with van der Waals surface area (Å²) in [6.07, 6.45) is 2.28. The highest BCUT2D eigenvalue weighted by atomic mass is 32.2. The van der Waals surface area contributed by atoms with Crippen molar-refractivity contribution in [3.05, 3.63) is 11.4 Å². The van der Waals surface area contributed by atoms with E-state index < -0.39 is 10.0 Å². The minimum absolute atomic E-state index is 0.0303. The molecule has 0 aromatic carbocycles. The highest BCUT2D eigenvalue weighted by molar-refractivity contribution is 7.91. The van der Waals surface area contributed by atoms with Gasteiger partial charge in [0.2, 0.25) is 0 Å². The van der Waals surface area contributed by atoms with Gasteiger partial charge in [0.25, 0.3) is 10.0 Å². The molecule has 0 saturated carbocycles. The minimum Gasteiger partial charge on any atom is -0.398 e. The number of anilines is 1. The molecule has 2 saturated heterocycles. The van der Waals surface area contributed by atoms with Crippen LogP contribution in [0.5, 0.6) is 0 Å². The van der Waals surface area contributed by atoms with Crippen LogP contribution in [0, 0.1) is 0 Å². The van der Waals surface area contributed by atoms with Gasteiger partial charge in [-0.05, 0) is 32.4 Å². The summed E-state index contributed by atoms with van der Waals surface area (Å²) in [7, 11) is -3.38. The Hall–Kier alpha value is -0.630. The quantitative estimate of drug-likeness (QED) is 0.891. The average Bonchev–Trinajstić information content (AvgIpc) is 2.96. The maximum atomic E-state index is 12.7. The first kappa shape index (κ1) is 13.4. The Morgan fingerprint density at radius 1 is 1.42 bits per heavy atom. The van der Waals surface area contributed by atoms with Gasteiger partial charge in [-0.1, -0.05) is 0 Å². The Balaban J connectivity index is 1.88. The third-order valence-electron chi connectivity index (χ3n) is 4.04. The predicted octanol–water partition coefficient (Wildman–Crippen LogP) is 1.19. The summed E-state index contributed by atoms with van der Waals surface area (Å²) in [6, 6.07) is 1.99. The number of nitrogens with zero attached hydrogens (tertiary/aromatic N) is 2. The van der Waals surface area contributed by atoms with E-state index in [1.807, 2.05) is 6.92 Å². The summed E-state index contributed by atoms with van der Waals surface area (Å²) in [5.74, 6) is 0. The summed E-state index contributed by atoms with van der Waals surface area (Å²) >= 11 is 1.21. The minimum atomic E-state index is -3.38. The SMILES string of the molecule is CC1CN2CCCC2CN1S(=O)(=O)c1cc(N)cs1. The Kier molecular flexibility index (Phi) is 3.33. The molecule has 0 spiro atoms. The van der Waals surface area contributed by atoms with Crippen LogP contribution in [0.2, 0.25) is 0 Å². The standard InChI is InChI=1S/C12H19N3O2S2/c1-9-6-14-4-2-3-11(14)7-15(9)19(16,17)12-5-10(13)8-18-12/h5,8-9,11H,2-4,6-7,13H2,1H3. The second-order valence-electron chi connectivity index (χ2n) is 5.41. The van der Waals surface area contributed by atoms with Crippen molar-refractivity contribution in [1.29, 1.82) is 0 Å². The van der Waals surface area contributed by atoms with Gasteiger partial charge in [-0.15, -0.1) is 11.3 Å². The summed E-state index contributed by atoms with van der Waals surface area (Å²) < 4.78 is 27.3. The average molecular weight is 301 g/mol. The van der Waals surface area contributed by atoms with E-state index in [9.17, 15) is 8.42 Å². The number of hydrogen-bond acceptors (Lipinski definition) is 5. The molecule has 106 valence electrons. The van der Waals surface area contributed by atoms with Crippen molar-refractivity contribution in [3.63, 3.8) is 0 Å². The lowest BCUT2D eigenvalue weighted by molar-refractivity contribution is 0.117. The molecule has 2 N–H and O–H groups in total. The number of fused-ring (bicyclic) bond motifs is 1. The topological polar surface area (TPSA) is 66.6 Å². The van der Waals surface area contributed by atoms with Crippen molar-refractivity contribution >= 4 is 27.0 Å². The van der Waals surface area contributed by atoms with Crippen molar-refractivity contribution in [2.24, 2.45) is 0 Å². The highest BCUT2D eigenvalue weighted by Crippen LogP contribution is 2.31. The molecule has 5 nitrogen and oxygen atoms in total. The number of hydrogen-bond donors (Lipinski definition) is 1. The van der Waals surface area contributed by atoms with E-state index in [1.54, 1.807) is 15.8 Å². The van der Waals surface area contributed by atoms with Gasteiger partial charge >= 0.3 is 0 Å². The number of sulfonamides is 1. The first-order valence-corrected chi connectivity index (χ1v) is 8.90. The largest absolute Gasteiger partial charge is 0.398 e. The molecule has 2 aliphatic rings. The van der Waals surface area contributed by atoms with Gasteiger partial charge in [0.05, 0.1) is 0 Å². The summed E-state index contributed by atoms with van der Waals surface area (Å²) in [5.41, 5.74) is 6.17. The van der Waals surface area contributed by atoms with Gasteiger partial charge in [0.1, 0.15) is 4.21 Å². The molecule has 3 rings (SSSR count). The van der Waals surface area contributed by atoms with E-state index in [2.05, 4.69) is 4.90 Å². The van der Waals surface area contributed by atoms with E-state index in [0.717, 1.165) is 19.5 Å². The van der Waals surface area contributed by atoms with E-state index in [4.69, 9.17) is 5.73 Å². The van der Waals surface area contributed by atoms with E-state index in [-0.39, 0.29) is 6.04 Å². The Bertz CT molecular complexity index is 569. The second-order valence-corrected chi connectivity index (χ2v) is 8.44. The zero-order chi connectivity index (χ0) is 13.6. The Morgan fingerprint density at radius 3 is 2.89 bits per heavy atom. The summed E-state index contributed by atoms with van der Waals surface area (Å²) in [5, 5.41) is 1.68. The third-order valence-corrected chi connectivity index (χ3v) is 7.45. The Morgan fingerprint density at radius 2 is 2.21 bits per heavy atom. The molecular formula is C12H19N3O2S2. The number of rotatable bonds is 2. The molecule has 3 heterocycles. The fourth-order valence-electron chi connectivity index (χ4n) is 3.08. The molecule has 2 unspecified atom stereocenters. The lowest BCUT2D eigenvalue weighted by Gasteiger charge is -2.41. The van der Waals surface area contributed by atoms with Crippen LogP contribution < -0.4 is 5.73 Å². The maximum absolute atomic E-state index is 12.7.